The fraction of sp³-hybridized carbons (Fsp3) is 0.200. The summed E-state index contributed by atoms with van der Waals surface area (Å²) >= 11 is 1.67. The van der Waals surface area contributed by atoms with Crippen molar-refractivity contribution >= 4 is 33.1 Å². The highest BCUT2D eigenvalue weighted by Crippen LogP contribution is 2.30. The summed E-state index contributed by atoms with van der Waals surface area (Å²) in [6.45, 7) is 2.78. The Kier molecular flexibility index (Phi) is 2.44. The van der Waals surface area contributed by atoms with Gasteiger partial charge in [0.25, 0.3) is 5.91 Å². The fourth-order valence-electron chi connectivity index (χ4n) is 2.73. The number of pyridine rings is 1. The van der Waals surface area contributed by atoms with Gasteiger partial charge in [0.1, 0.15) is 5.69 Å². The van der Waals surface area contributed by atoms with E-state index in [2.05, 4.69) is 22.3 Å². The number of amides is 1. The lowest BCUT2D eigenvalue weighted by molar-refractivity contribution is 0.0985. The minimum atomic E-state index is 0.0396. The molecular weight excluding hydrogens is 270 g/mol. The van der Waals surface area contributed by atoms with Gasteiger partial charge in [0, 0.05) is 18.9 Å². The highest BCUT2D eigenvalue weighted by Gasteiger charge is 2.26. The predicted molar refractivity (Wildman–Crippen MR) is 80.5 cm³/mol. The Morgan fingerprint density at radius 1 is 1.50 bits per heavy atom. The van der Waals surface area contributed by atoms with Crippen LogP contribution in [0.4, 0.5) is 5.69 Å². The van der Waals surface area contributed by atoms with Gasteiger partial charge in [-0.3, -0.25) is 9.78 Å². The van der Waals surface area contributed by atoms with Crippen LogP contribution in [0.15, 0.2) is 29.9 Å². The number of hydrogen-bond donors (Lipinski definition) is 1. The van der Waals surface area contributed by atoms with E-state index in [0.717, 1.165) is 34.4 Å². The van der Waals surface area contributed by atoms with Crippen LogP contribution in [0.2, 0.25) is 0 Å². The Hall–Kier alpha value is -2.14. The maximum atomic E-state index is 12.7. The van der Waals surface area contributed by atoms with E-state index in [1.807, 2.05) is 23.2 Å². The molecule has 0 atom stereocenters. The molecule has 1 amide bonds. The first-order chi connectivity index (χ1) is 9.74. The van der Waals surface area contributed by atoms with Crippen molar-refractivity contribution in [2.45, 2.75) is 13.3 Å². The van der Waals surface area contributed by atoms with E-state index in [0.29, 0.717) is 5.69 Å². The predicted octanol–water partition coefficient (Wildman–Crippen LogP) is 3.14. The maximum Gasteiger partial charge on any atom is 0.274 e. The van der Waals surface area contributed by atoms with E-state index < -0.39 is 0 Å². The molecule has 100 valence electrons. The average Bonchev–Trinajstić information content (AvgIpc) is 3.14. The summed E-state index contributed by atoms with van der Waals surface area (Å²) < 4.78 is 1.14. The number of aryl methyl sites for hydroxylation is 1. The second-order valence-electron chi connectivity index (χ2n) is 5.05. The highest BCUT2D eigenvalue weighted by atomic mass is 32.1. The molecule has 4 heterocycles. The van der Waals surface area contributed by atoms with Gasteiger partial charge in [0.05, 0.1) is 15.9 Å². The summed E-state index contributed by atoms with van der Waals surface area (Å²) in [5.74, 6) is 0.0396. The molecule has 0 fully saturated rings. The molecule has 0 saturated heterocycles. The number of nitrogens with zero attached hydrogens (tertiary/aromatic N) is 2. The molecule has 0 saturated carbocycles. The fourth-order valence-corrected chi connectivity index (χ4v) is 3.67. The van der Waals surface area contributed by atoms with E-state index >= 15 is 0 Å². The van der Waals surface area contributed by atoms with Crippen molar-refractivity contribution in [1.82, 2.24) is 9.97 Å². The van der Waals surface area contributed by atoms with Gasteiger partial charge in [-0.25, -0.2) is 0 Å². The van der Waals surface area contributed by atoms with Crippen molar-refractivity contribution in [3.05, 3.63) is 46.7 Å². The third-order valence-corrected chi connectivity index (χ3v) is 4.83. The minimum Gasteiger partial charge on any atom is -0.350 e. The van der Waals surface area contributed by atoms with Crippen LogP contribution in [0.3, 0.4) is 0 Å². The molecule has 5 heteroatoms. The van der Waals surface area contributed by atoms with Crippen LogP contribution in [-0.4, -0.2) is 22.4 Å². The lowest BCUT2D eigenvalue weighted by Crippen LogP contribution is -2.29. The lowest BCUT2D eigenvalue weighted by atomic mass is 10.2. The van der Waals surface area contributed by atoms with Crippen LogP contribution in [-0.2, 0) is 6.42 Å². The standard InChI is InChI=1S/C15H13N3OS/c1-9-8-20-13-6-11(17-14(9)13)15(19)18-5-3-10-7-16-4-2-12(10)18/h2,4,6-8,17H,3,5H2,1H3. The number of anilines is 1. The summed E-state index contributed by atoms with van der Waals surface area (Å²) in [4.78, 5) is 21.9. The number of H-pyrrole nitrogens is 1. The van der Waals surface area contributed by atoms with Gasteiger partial charge in [-0.15, -0.1) is 11.3 Å². The van der Waals surface area contributed by atoms with Crippen molar-refractivity contribution in [3.63, 3.8) is 0 Å². The third kappa shape index (κ3) is 1.59. The van der Waals surface area contributed by atoms with Gasteiger partial charge >= 0.3 is 0 Å². The monoisotopic (exact) mass is 283 g/mol. The number of nitrogens with one attached hydrogen (secondary N) is 1. The van der Waals surface area contributed by atoms with Crippen LogP contribution in [0.25, 0.3) is 10.2 Å². The SMILES string of the molecule is Cc1csc2cc(C(=O)N3CCc4cnccc43)[nH]c12. The smallest absolute Gasteiger partial charge is 0.274 e. The van der Waals surface area contributed by atoms with Crippen LogP contribution in [0, 0.1) is 6.92 Å². The summed E-state index contributed by atoms with van der Waals surface area (Å²) in [6, 6.07) is 3.87. The van der Waals surface area contributed by atoms with Crippen molar-refractivity contribution in [2.75, 3.05) is 11.4 Å². The molecule has 0 radical (unpaired) electrons. The van der Waals surface area contributed by atoms with Gasteiger partial charge in [0.2, 0.25) is 0 Å². The summed E-state index contributed by atoms with van der Waals surface area (Å²) in [5, 5.41) is 2.10. The van der Waals surface area contributed by atoms with Crippen LogP contribution in [0.1, 0.15) is 21.6 Å². The lowest BCUT2D eigenvalue weighted by Gasteiger charge is -2.15. The number of aromatic amines is 1. The van der Waals surface area contributed by atoms with E-state index in [-0.39, 0.29) is 5.91 Å². The first-order valence-electron chi connectivity index (χ1n) is 6.55. The Bertz CT molecular complexity index is 818. The molecule has 0 aliphatic carbocycles. The van der Waals surface area contributed by atoms with Crippen molar-refractivity contribution in [1.29, 1.82) is 0 Å². The second-order valence-corrected chi connectivity index (χ2v) is 5.96. The second kappa shape index (κ2) is 4.18. The molecule has 1 N–H and O–H groups in total. The molecule has 4 rings (SSSR count). The maximum absolute atomic E-state index is 12.7. The molecule has 3 aromatic rings. The highest BCUT2D eigenvalue weighted by molar-refractivity contribution is 7.17. The molecule has 0 spiro atoms. The van der Waals surface area contributed by atoms with Gasteiger partial charge < -0.3 is 9.88 Å². The zero-order chi connectivity index (χ0) is 13.7. The number of carbonyl (C=O) groups excluding carboxylic acids is 1. The Morgan fingerprint density at radius 2 is 2.40 bits per heavy atom. The van der Waals surface area contributed by atoms with E-state index in [1.165, 1.54) is 5.56 Å². The van der Waals surface area contributed by atoms with Crippen molar-refractivity contribution in [2.24, 2.45) is 0 Å². The van der Waals surface area contributed by atoms with Crippen molar-refractivity contribution in [3.8, 4) is 0 Å². The summed E-state index contributed by atoms with van der Waals surface area (Å²) in [7, 11) is 0. The van der Waals surface area contributed by atoms with Crippen LogP contribution >= 0.6 is 11.3 Å². The number of thiophene rings is 1. The van der Waals surface area contributed by atoms with Gasteiger partial charge in [0.15, 0.2) is 0 Å². The largest absolute Gasteiger partial charge is 0.350 e. The molecule has 3 aromatic heterocycles. The van der Waals surface area contributed by atoms with Gasteiger partial charge in [-0.2, -0.15) is 0 Å². The quantitative estimate of drug-likeness (QED) is 0.746. The zero-order valence-electron chi connectivity index (χ0n) is 11.0. The Labute approximate surface area is 120 Å². The van der Waals surface area contributed by atoms with E-state index in [1.54, 1.807) is 17.5 Å². The molecular formula is C15H13N3OS. The topological polar surface area (TPSA) is 49.0 Å². The number of hydrogen-bond acceptors (Lipinski definition) is 3. The summed E-state index contributed by atoms with van der Waals surface area (Å²) in [6.07, 6.45) is 4.46. The molecule has 1 aliphatic rings. The molecule has 0 unspecified atom stereocenters. The first kappa shape index (κ1) is 11.7. The van der Waals surface area contributed by atoms with Crippen LogP contribution < -0.4 is 4.90 Å². The van der Waals surface area contributed by atoms with Gasteiger partial charge in [-0.1, -0.05) is 0 Å². The number of rotatable bonds is 1. The van der Waals surface area contributed by atoms with E-state index in [9.17, 15) is 4.79 Å². The zero-order valence-corrected chi connectivity index (χ0v) is 11.8. The number of fused-ring (bicyclic) bond motifs is 2. The molecule has 20 heavy (non-hydrogen) atoms. The summed E-state index contributed by atoms with van der Waals surface area (Å²) in [5.41, 5.74) is 5.06. The molecule has 1 aliphatic heterocycles. The molecule has 4 nitrogen and oxygen atoms in total. The van der Waals surface area contributed by atoms with Gasteiger partial charge in [-0.05, 0) is 42.0 Å². The molecule has 0 bridgehead atoms. The number of aromatic nitrogens is 2. The van der Waals surface area contributed by atoms with Crippen LogP contribution in [0.5, 0.6) is 0 Å². The number of carbonyl (C=O) groups is 1. The third-order valence-electron chi connectivity index (χ3n) is 3.79. The van der Waals surface area contributed by atoms with Crippen molar-refractivity contribution < 1.29 is 4.79 Å². The Morgan fingerprint density at radius 3 is 3.25 bits per heavy atom. The average molecular weight is 283 g/mol. The minimum absolute atomic E-state index is 0.0396. The first-order valence-corrected chi connectivity index (χ1v) is 7.43. The molecule has 0 aromatic carbocycles. The van der Waals surface area contributed by atoms with E-state index in [4.69, 9.17) is 0 Å². The Balaban J connectivity index is 1.74. The normalized spacial score (nSPS) is 13.9.